The fraction of sp³-hybridized carbons (Fsp3) is 0.333. The molecular formula is C24H30N4O3S. The first-order valence-electron chi connectivity index (χ1n) is 10.6. The van der Waals surface area contributed by atoms with Crippen molar-refractivity contribution in [3.63, 3.8) is 0 Å². The van der Waals surface area contributed by atoms with Gasteiger partial charge in [0.15, 0.2) is 5.13 Å². The number of likely N-dealkylation sites (N-methyl/N-ethyl adjacent to an activating group) is 1. The predicted molar refractivity (Wildman–Crippen MR) is 130 cm³/mol. The molecule has 0 fully saturated rings. The van der Waals surface area contributed by atoms with Gasteiger partial charge in [0.2, 0.25) is 5.78 Å². The Morgan fingerprint density at radius 3 is 2.62 bits per heavy atom. The van der Waals surface area contributed by atoms with E-state index in [9.17, 15) is 9.90 Å². The molecule has 0 spiro atoms. The second-order valence-electron chi connectivity index (χ2n) is 7.93. The Bertz CT molecular complexity index is 1060. The molecule has 0 amide bonds. The SMILES string of the molecule is CCCc1cc(C(=O)c2sc(Nc3ccc(OC[C@@H](C)N(C)C)cc3)nc2N)ccc1O. The number of thiazole rings is 1. The number of nitrogens with one attached hydrogen (secondary N) is 1. The summed E-state index contributed by atoms with van der Waals surface area (Å²) in [7, 11) is 4.04. The van der Waals surface area contributed by atoms with Gasteiger partial charge >= 0.3 is 0 Å². The van der Waals surface area contributed by atoms with Crippen molar-refractivity contribution in [1.82, 2.24) is 9.88 Å². The molecule has 170 valence electrons. The zero-order valence-corrected chi connectivity index (χ0v) is 19.7. The van der Waals surface area contributed by atoms with Crippen molar-refractivity contribution < 1.29 is 14.6 Å². The van der Waals surface area contributed by atoms with Crippen LogP contribution in [0, 0.1) is 0 Å². The third-order valence-electron chi connectivity index (χ3n) is 5.20. The Kier molecular flexibility index (Phi) is 7.71. The van der Waals surface area contributed by atoms with E-state index in [1.807, 2.05) is 45.3 Å². The predicted octanol–water partition coefficient (Wildman–Crippen LogP) is 4.69. The number of hydrogen-bond acceptors (Lipinski definition) is 8. The molecule has 3 rings (SSSR count). The number of carbonyl (C=O) groups excluding carboxylic acids is 1. The molecule has 2 aromatic carbocycles. The molecule has 4 N–H and O–H groups in total. The summed E-state index contributed by atoms with van der Waals surface area (Å²) in [6.45, 7) is 4.73. The second-order valence-corrected chi connectivity index (χ2v) is 8.93. The van der Waals surface area contributed by atoms with E-state index in [1.54, 1.807) is 18.2 Å². The Morgan fingerprint density at radius 2 is 1.97 bits per heavy atom. The van der Waals surface area contributed by atoms with Gasteiger partial charge in [0.25, 0.3) is 0 Å². The molecule has 32 heavy (non-hydrogen) atoms. The van der Waals surface area contributed by atoms with Crippen LogP contribution in [0.3, 0.4) is 0 Å². The molecule has 1 atom stereocenters. The maximum Gasteiger partial charge on any atom is 0.206 e. The fourth-order valence-corrected chi connectivity index (χ4v) is 3.87. The summed E-state index contributed by atoms with van der Waals surface area (Å²) < 4.78 is 5.81. The van der Waals surface area contributed by atoms with E-state index in [2.05, 4.69) is 22.1 Å². The van der Waals surface area contributed by atoms with Crippen LogP contribution >= 0.6 is 11.3 Å². The minimum Gasteiger partial charge on any atom is -0.508 e. The molecule has 0 aliphatic carbocycles. The maximum absolute atomic E-state index is 13.0. The lowest BCUT2D eigenvalue weighted by Crippen LogP contribution is -2.30. The molecule has 8 heteroatoms. The summed E-state index contributed by atoms with van der Waals surface area (Å²) in [6.07, 6.45) is 1.58. The average molecular weight is 455 g/mol. The van der Waals surface area contributed by atoms with Crippen LogP contribution in [0.4, 0.5) is 16.6 Å². The first kappa shape index (κ1) is 23.6. The number of aromatic nitrogens is 1. The van der Waals surface area contributed by atoms with E-state index < -0.39 is 0 Å². The van der Waals surface area contributed by atoms with Gasteiger partial charge in [0.1, 0.15) is 28.8 Å². The molecule has 0 aliphatic heterocycles. The Labute approximate surface area is 192 Å². The van der Waals surface area contributed by atoms with Crippen LogP contribution in [0.15, 0.2) is 42.5 Å². The van der Waals surface area contributed by atoms with Crippen molar-refractivity contribution in [1.29, 1.82) is 0 Å². The highest BCUT2D eigenvalue weighted by Gasteiger charge is 2.19. The molecule has 3 aromatic rings. The van der Waals surface area contributed by atoms with Crippen LogP contribution in [0.2, 0.25) is 0 Å². The van der Waals surface area contributed by atoms with Gasteiger partial charge in [-0.3, -0.25) is 4.79 Å². The van der Waals surface area contributed by atoms with E-state index in [-0.39, 0.29) is 17.4 Å². The first-order valence-corrected chi connectivity index (χ1v) is 11.4. The van der Waals surface area contributed by atoms with E-state index in [4.69, 9.17) is 10.5 Å². The van der Waals surface area contributed by atoms with E-state index in [0.717, 1.165) is 23.4 Å². The normalized spacial score (nSPS) is 12.0. The molecule has 1 heterocycles. The zero-order valence-electron chi connectivity index (χ0n) is 18.9. The number of carbonyl (C=O) groups is 1. The standard InChI is InChI=1S/C24H30N4O3S/c1-5-6-16-13-17(7-12-20(16)29)21(30)22-23(25)27-24(32-22)26-18-8-10-19(11-9-18)31-14-15(2)28(3)4/h7-13,15,29H,5-6,14,25H2,1-4H3,(H,26,27)/t15-/m1/s1. The number of ether oxygens (including phenoxy) is 1. The lowest BCUT2D eigenvalue weighted by molar-refractivity contribution is 0.104. The number of aromatic hydroxyl groups is 1. The maximum atomic E-state index is 13.0. The van der Waals surface area contributed by atoms with Crippen molar-refractivity contribution in [2.75, 3.05) is 31.8 Å². The lowest BCUT2D eigenvalue weighted by atomic mass is 10.0. The van der Waals surface area contributed by atoms with Gasteiger partial charge in [0.05, 0.1) is 0 Å². The summed E-state index contributed by atoms with van der Waals surface area (Å²) >= 11 is 1.21. The summed E-state index contributed by atoms with van der Waals surface area (Å²) in [5.74, 6) is 0.968. The third kappa shape index (κ3) is 5.77. The van der Waals surface area contributed by atoms with Crippen LogP contribution in [-0.4, -0.2) is 47.5 Å². The molecule has 0 aliphatic rings. The summed E-state index contributed by atoms with van der Waals surface area (Å²) in [5.41, 5.74) is 8.10. The van der Waals surface area contributed by atoms with Crippen molar-refractivity contribution in [2.24, 2.45) is 0 Å². The number of rotatable bonds is 10. The quantitative estimate of drug-likeness (QED) is 0.382. The number of phenols is 1. The Hall–Kier alpha value is -3.10. The smallest absolute Gasteiger partial charge is 0.206 e. The molecule has 1 aromatic heterocycles. The van der Waals surface area contributed by atoms with Crippen molar-refractivity contribution >= 4 is 33.8 Å². The van der Waals surface area contributed by atoms with Crippen LogP contribution in [0.25, 0.3) is 0 Å². The molecule has 0 saturated carbocycles. The number of anilines is 3. The van der Waals surface area contributed by atoms with Gasteiger partial charge in [-0.15, -0.1) is 0 Å². The van der Waals surface area contributed by atoms with Crippen molar-refractivity contribution in [2.45, 2.75) is 32.7 Å². The largest absolute Gasteiger partial charge is 0.508 e. The number of nitrogen functional groups attached to an aromatic ring is 1. The average Bonchev–Trinajstić information content (AvgIpc) is 3.14. The molecule has 7 nitrogen and oxygen atoms in total. The van der Waals surface area contributed by atoms with Crippen LogP contribution in [-0.2, 0) is 6.42 Å². The number of benzene rings is 2. The monoisotopic (exact) mass is 454 g/mol. The van der Waals surface area contributed by atoms with Crippen LogP contribution in [0.5, 0.6) is 11.5 Å². The third-order valence-corrected chi connectivity index (χ3v) is 6.18. The lowest BCUT2D eigenvalue weighted by Gasteiger charge is -2.20. The van der Waals surface area contributed by atoms with Gasteiger partial charge < -0.3 is 25.8 Å². The van der Waals surface area contributed by atoms with Gasteiger partial charge in [-0.1, -0.05) is 24.7 Å². The number of nitrogens with two attached hydrogens (primary N) is 1. The Morgan fingerprint density at radius 1 is 1.25 bits per heavy atom. The minimum absolute atomic E-state index is 0.185. The number of ketones is 1. The minimum atomic E-state index is -0.204. The van der Waals surface area contributed by atoms with Gasteiger partial charge in [-0.25, -0.2) is 4.98 Å². The number of aryl methyl sites for hydroxylation is 1. The molecule has 0 bridgehead atoms. The van der Waals surface area contributed by atoms with Gasteiger partial charge in [-0.05, 0) is 75.5 Å². The van der Waals surface area contributed by atoms with Crippen LogP contribution < -0.4 is 15.8 Å². The van der Waals surface area contributed by atoms with Crippen LogP contribution in [0.1, 0.15) is 41.1 Å². The molecule has 0 unspecified atom stereocenters. The van der Waals surface area contributed by atoms with E-state index >= 15 is 0 Å². The topological polar surface area (TPSA) is 101 Å². The highest BCUT2D eigenvalue weighted by Crippen LogP contribution is 2.31. The van der Waals surface area contributed by atoms with Gasteiger partial charge in [-0.2, -0.15) is 0 Å². The molecule has 0 radical (unpaired) electrons. The molecular weight excluding hydrogens is 424 g/mol. The second kappa shape index (κ2) is 10.5. The number of phenolic OH excluding ortho intramolecular Hbond substituents is 1. The highest BCUT2D eigenvalue weighted by atomic mass is 32.1. The van der Waals surface area contributed by atoms with Crippen molar-refractivity contribution in [3.8, 4) is 11.5 Å². The summed E-state index contributed by atoms with van der Waals surface area (Å²) in [5, 5.41) is 13.7. The molecule has 0 saturated heterocycles. The summed E-state index contributed by atoms with van der Waals surface area (Å²) in [4.78, 5) is 19.8. The number of nitrogens with zero attached hydrogens (tertiary/aromatic N) is 2. The number of hydrogen-bond donors (Lipinski definition) is 3. The van der Waals surface area contributed by atoms with Crippen molar-refractivity contribution in [3.05, 3.63) is 58.5 Å². The summed E-state index contributed by atoms with van der Waals surface area (Å²) in [6, 6.07) is 12.8. The van der Waals surface area contributed by atoms with E-state index in [1.165, 1.54) is 11.3 Å². The van der Waals surface area contributed by atoms with Gasteiger partial charge in [0, 0.05) is 17.3 Å². The highest BCUT2D eigenvalue weighted by molar-refractivity contribution is 7.18. The fourth-order valence-electron chi connectivity index (χ4n) is 3.00. The first-order chi connectivity index (χ1) is 15.3. The zero-order chi connectivity index (χ0) is 23.3. The van der Waals surface area contributed by atoms with E-state index in [0.29, 0.717) is 34.6 Å². The Balaban J connectivity index is 1.69.